The average Bonchev–Trinajstić information content (AvgIpc) is 2.64. The summed E-state index contributed by atoms with van der Waals surface area (Å²) in [4.78, 5) is 30.3. The normalized spacial score (nSPS) is 11.6. The molecule has 0 aliphatic rings. The minimum atomic E-state index is -0.528. The van der Waals surface area contributed by atoms with Gasteiger partial charge >= 0.3 is 0 Å². The first-order valence-electron chi connectivity index (χ1n) is 8.11. The van der Waals surface area contributed by atoms with Crippen LogP contribution in [0, 0.1) is 0 Å². The number of hydrogen-bond acceptors (Lipinski definition) is 3. The fraction of sp³-hybridized carbons (Fsp3) is 0.316. The van der Waals surface area contributed by atoms with Crippen LogP contribution in [-0.2, 0) is 22.7 Å². The van der Waals surface area contributed by atoms with Gasteiger partial charge in [-0.05, 0) is 30.2 Å². The highest BCUT2D eigenvalue weighted by Gasteiger charge is 2.24. The molecule has 5 nitrogen and oxygen atoms in total. The van der Waals surface area contributed by atoms with E-state index >= 15 is 0 Å². The smallest absolute Gasteiger partial charge is 0.242 e. The van der Waals surface area contributed by atoms with Gasteiger partial charge in [-0.1, -0.05) is 37.3 Å². The maximum Gasteiger partial charge on any atom is 0.242 e. The Balaban J connectivity index is 2.02. The molecule has 126 valence electrons. The summed E-state index contributed by atoms with van der Waals surface area (Å²) in [5, 5.41) is 2.88. The van der Waals surface area contributed by atoms with Crippen LogP contribution in [0.5, 0.6) is 0 Å². The van der Waals surface area contributed by atoms with Gasteiger partial charge in [0.2, 0.25) is 11.8 Å². The minimum Gasteiger partial charge on any atom is -0.350 e. The number of benzene rings is 1. The molecule has 1 atom stereocenters. The predicted molar refractivity (Wildman–Crippen MR) is 92.8 cm³/mol. The first kappa shape index (κ1) is 17.7. The molecule has 1 N–H and O–H groups in total. The molecule has 0 aliphatic carbocycles. The summed E-state index contributed by atoms with van der Waals surface area (Å²) in [6.45, 7) is 4.42. The molecule has 5 heteroatoms. The lowest BCUT2D eigenvalue weighted by molar-refractivity contribution is -0.140. The molecule has 0 bridgehead atoms. The molecule has 0 saturated carbocycles. The molecule has 0 fully saturated rings. The third-order valence-electron chi connectivity index (χ3n) is 3.88. The molecule has 0 aliphatic heterocycles. The van der Waals surface area contributed by atoms with Gasteiger partial charge in [-0.15, -0.1) is 0 Å². The van der Waals surface area contributed by atoms with Crippen molar-refractivity contribution < 1.29 is 9.59 Å². The average molecular weight is 325 g/mol. The summed E-state index contributed by atoms with van der Waals surface area (Å²) in [6.07, 6.45) is 3.75. The van der Waals surface area contributed by atoms with E-state index in [9.17, 15) is 9.59 Å². The second-order valence-corrected chi connectivity index (χ2v) is 5.61. The van der Waals surface area contributed by atoms with Crippen molar-refractivity contribution >= 4 is 11.8 Å². The zero-order valence-electron chi connectivity index (χ0n) is 14.1. The van der Waals surface area contributed by atoms with Gasteiger partial charge < -0.3 is 10.2 Å². The van der Waals surface area contributed by atoms with E-state index in [0.29, 0.717) is 19.5 Å². The first-order chi connectivity index (χ1) is 11.6. The van der Waals surface area contributed by atoms with E-state index in [4.69, 9.17) is 0 Å². The summed E-state index contributed by atoms with van der Waals surface area (Å²) in [6, 6.07) is 12.9. The van der Waals surface area contributed by atoms with Crippen LogP contribution in [0.1, 0.15) is 31.4 Å². The van der Waals surface area contributed by atoms with Crippen LogP contribution in [0.25, 0.3) is 0 Å². The minimum absolute atomic E-state index is 0.0367. The molecule has 1 aromatic heterocycles. The number of amides is 2. The Bertz CT molecular complexity index is 659. The highest BCUT2D eigenvalue weighted by molar-refractivity contribution is 5.87. The van der Waals surface area contributed by atoms with Crippen LogP contribution in [0.4, 0.5) is 0 Å². The van der Waals surface area contributed by atoms with Gasteiger partial charge in [0.1, 0.15) is 6.04 Å². The predicted octanol–water partition coefficient (Wildman–Crippen LogP) is 2.53. The number of aromatic nitrogens is 1. The van der Waals surface area contributed by atoms with Crippen molar-refractivity contribution in [1.29, 1.82) is 0 Å². The Hall–Kier alpha value is -2.69. The number of nitrogens with one attached hydrogen (secondary N) is 1. The zero-order chi connectivity index (χ0) is 17.4. The van der Waals surface area contributed by atoms with Crippen molar-refractivity contribution in [3.8, 4) is 0 Å². The molecule has 1 unspecified atom stereocenters. The molecule has 0 spiro atoms. The Morgan fingerprint density at radius 2 is 1.75 bits per heavy atom. The Morgan fingerprint density at radius 3 is 2.38 bits per heavy atom. The molecule has 1 heterocycles. The Morgan fingerprint density at radius 1 is 1.08 bits per heavy atom. The lowest BCUT2D eigenvalue weighted by Crippen LogP contribution is -2.47. The van der Waals surface area contributed by atoms with Crippen molar-refractivity contribution in [1.82, 2.24) is 15.2 Å². The molecule has 2 aromatic rings. The monoisotopic (exact) mass is 325 g/mol. The van der Waals surface area contributed by atoms with Crippen LogP contribution in [0.2, 0.25) is 0 Å². The first-order valence-corrected chi connectivity index (χ1v) is 8.11. The van der Waals surface area contributed by atoms with Gasteiger partial charge in [0.25, 0.3) is 0 Å². The van der Waals surface area contributed by atoms with Gasteiger partial charge in [-0.2, -0.15) is 0 Å². The summed E-state index contributed by atoms with van der Waals surface area (Å²) in [5.41, 5.74) is 1.98. The zero-order valence-corrected chi connectivity index (χ0v) is 14.1. The van der Waals surface area contributed by atoms with Gasteiger partial charge in [0.05, 0.1) is 0 Å². The summed E-state index contributed by atoms with van der Waals surface area (Å²) in [5.74, 6) is -0.199. The van der Waals surface area contributed by atoms with E-state index in [2.05, 4.69) is 10.3 Å². The molecular weight excluding hydrogens is 302 g/mol. The number of pyridine rings is 1. The molecule has 2 amide bonds. The Kier molecular flexibility index (Phi) is 6.49. The molecule has 2 rings (SSSR count). The van der Waals surface area contributed by atoms with Crippen LogP contribution in [0.15, 0.2) is 54.9 Å². The Labute approximate surface area is 142 Å². The van der Waals surface area contributed by atoms with E-state index in [-0.39, 0.29) is 11.8 Å². The van der Waals surface area contributed by atoms with E-state index in [0.717, 1.165) is 11.1 Å². The van der Waals surface area contributed by atoms with Crippen molar-refractivity contribution in [3.05, 3.63) is 66.0 Å². The number of nitrogens with zero attached hydrogens (tertiary/aromatic N) is 2. The van der Waals surface area contributed by atoms with E-state index in [1.165, 1.54) is 0 Å². The second kappa shape index (κ2) is 8.82. The fourth-order valence-electron chi connectivity index (χ4n) is 2.40. The van der Waals surface area contributed by atoms with Gasteiger partial charge in [0.15, 0.2) is 0 Å². The van der Waals surface area contributed by atoms with Crippen molar-refractivity contribution in [2.75, 3.05) is 0 Å². The second-order valence-electron chi connectivity index (χ2n) is 5.61. The van der Waals surface area contributed by atoms with Crippen LogP contribution in [-0.4, -0.2) is 27.7 Å². The maximum absolute atomic E-state index is 12.4. The number of carbonyl (C=O) groups excluding carboxylic acids is 2. The maximum atomic E-state index is 12.4. The quantitative estimate of drug-likeness (QED) is 0.851. The third kappa shape index (κ3) is 4.91. The van der Waals surface area contributed by atoms with Crippen molar-refractivity contribution in [2.24, 2.45) is 0 Å². The van der Waals surface area contributed by atoms with E-state index < -0.39 is 6.04 Å². The van der Waals surface area contributed by atoms with Gasteiger partial charge in [-0.25, -0.2) is 0 Å². The lowest BCUT2D eigenvalue weighted by Gasteiger charge is -2.28. The lowest BCUT2D eigenvalue weighted by atomic mass is 10.1. The van der Waals surface area contributed by atoms with Crippen LogP contribution < -0.4 is 5.32 Å². The summed E-state index contributed by atoms with van der Waals surface area (Å²) >= 11 is 0. The molecule has 0 saturated heterocycles. The summed E-state index contributed by atoms with van der Waals surface area (Å²) in [7, 11) is 0. The number of carbonyl (C=O) groups is 2. The van der Waals surface area contributed by atoms with E-state index in [1.807, 2.05) is 49.4 Å². The molecule has 24 heavy (non-hydrogen) atoms. The number of rotatable bonds is 7. The standard InChI is InChI=1S/C19H23N3O2/c1-3-18(23)22(14-17-7-5-4-6-8-17)15(2)19(24)21-13-16-9-11-20-12-10-16/h4-12,15H,3,13-14H2,1-2H3,(H,21,24). The molecule has 1 aromatic carbocycles. The third-order valence-corrected chi connectivity index (χ3v) is 3.88. The molecule has 0 radical (unpaired) electrons. The van der Waals surface area contributed by atoms with Gasteiger partial charge in [0, 0.05) is 31.9 Å². The SMILES string of the molecule is CCC(=O)N(Cc1ccccc1)C(C)C(=O)NCc1ccncc1. The summed E-state index contributed by atoms with van der Waals surface area (Å²) < 4.78 is 0. The highest BCUT2D eigenvalue weighted by atomic mass is 16.2. The van der Waals surface area contributed by atoms with E-state index in [1.54, 1.807) is 24.2 Å². The molecular formula is C19H23N3O2. The highest BCUT2D eigenvalue weighted by Crippen LogP contribution is 2.11. The van der Waals surface area contributed by atoms with Crippen molar-refractivity contribution in [3.63, 3.8) is 0 Å². The fourth-order valence-corrected chi connectivity index (χ4v) is 2.40. The van der Waals surface area contributed by atoms with Gasteiger partial charge in [-0.3, -0.25) is 14.6 Å². The topological polar surface area (TPSA) is 62.3 Å². The van der Waals surface area contributed by atoms with Crippen molar-refractivity contribution in [2.45, 2.75) is 39.4 Å². The number of hydrogen-bond donors (Lipinski definition) is 1. The van der Waals surface area contributed by atoms with Crippen LogP contribution >= 0.6 is 0 Å². The largest absolute Gasteiger partial charge is 0.350 e. The van der Waals surface area contributed by atoms with Crippen LogP contribution in [0.3, 0.4) is 0 Å².